The van der Waals surface area contributed by atoms with Crippen molar-refractivity contribution < 1.29 is 13.9 Å². The van der Waals surface area contributed by atoms with E-state index in [9.17, 15) is 0 Å². The molecule has 0 aromatic carbocycles. The SMILES string of the molecule is CNC(c1ccoc1)C(OC)OC. The van der Waals surface area contributed by atoms with Crippen molar-refractivity contribution in [3.05, 3.63) is 24.2 Å². The van der Waals surface area contributed by atoms with Gasteiger partial charge in [-0.3, -0.25) is 0 Å². The minimum absolute atomic E-state index is 0.00579. The largest absolute Gasteiger partial charge is 0.472 e. The molecule has 0 aliphatic carbocycles. The van der Waals surface area contributed by atoms with E-state index in [1.807, 2.05) is 13.1 Å². The van der Waals surface area contributed by atoms with Gasteiger partial charge in [-0.25, -0.2) is 0 Å². The normalized spacial score (nSPS) is 13.5. The van der Waals surface area contributed by atoms with Gasteiger partial charge in [0.05, 0.1) is 18.6 Å². The van der Waals surface area contributed by atoms with Crippen LogP contribution in [0.25, 0.3) is 0 Å². The van der Waals surface area contributed by atoms with Crippen molar-refractivity contribution in [2.24, 2.45) is 0 Å². The second-order valence-corrected chi connectivity index (χ2v) is 2.66. The van der Waals surface area contributed by atoms with Gasteiger partial charge in [0.25, 0.3) is 0 Å². The first-order valence-electron chi connectivity index (χ1n) is 4.08. The Hall–Kier alpha value is -0.840. The molecule has 0 bridgehead atoms. The summed E-state index contributed by atoms with van der Waals surface area (Å²) < 4.78 is 15.3. The molecule has 0 aliphatic heterocycles. The highest BCUT2D eigenvalue weighted by Gasteiger charge is 2.21. The molecular weight excluding hydrogens is 170 g/mol. The summed E-state index contributed by atoms with van der Waals surface area (Å²) in [6.07, 6.45) is 3.00. The summed E-state index contributed by atoms with van der Waals surface area (Å²) in [6.45, 7) is 0. The second kappa shape index (κ2) is 5.01. The monoisotopic (exact) mass is 185 g/mol. The maximum Gasteiger partial charge on any atom is 0.176 e. The maximum absolute atomic E-state index is 5.15. The Bertz CT molecular complexity index is 219. The molecule has 4 heteroatoms. The Morgan fingerprint density at radius 2 is 2.08 bits per heavy atom. The first-order valence-corrected chi connectivity index (χ1v) is 4.08. The number of methoxy groups -OCH3 is 2. The van der Waals surface area contributed by atoms with E-state index in [0.717, 1.165) is 5.56 Å². The van der Waals surface area contributed by atoms with Crippen molar-refractivity contribution in [1.82, 2.24) is 5.32 Å². The van der Waals surface area contributed by atoms with Gasteiger partial charge in [0.2, 0.25) is 0 Å². The second-order valence-electron chi connectivity index (χ2n) is 2.66. The van der Waals surface area contributed by atoms with Gasteiger partial charge < -0.3 is 19.2 Å². The van der Waals surface area contributed by atoms with Crippen molar-refractivity contribution in [3.63, 3.8) is 0 Å². The molecule has 0 amide bonds. The predicted molar refractivity (Wildman–Crippen MR) is 48.3 cm³/mol. The third kappa shape index (κ3) is 2.30. The molecule has 0 aliphatic rings. The van der Waals surface area contributed by atoms with E-state index in [1.165, 1.54) is 0 Å². The molecule has 1 aromatic heterocycles. The molecule has 13 heavy (non-hydrogen) atoms. The lowest BCUT2D eigenvalue weighted by molar-refractivity contribution is -0.123. The van der Waals surface area contributed by atoms with Crippen molar-refractivity contribution in [2.75, 3.05) is 21.3 Å². The van der Waals surface area contributed by atoms with Crippen molar-refractivity contribution >= 4 is 0 Å². The Kier molecular flexibility index (Phi) is 3.95. The third-order valence-electron chi connectivity index (χ3n) is 1.95. The summed E-state index contributed by atoms with van der Waals surface area (Å²) in [5.41, 5.74) is 1.01. The minimum atomic E-state index is -0.303. The maximum atomic E-state index is 5.15. The molecule has 1 N–H and O–H groups in total. The van der Waals surface area contributed by atoms with E-state index in [0.29, 0.717) is 0 Å². The van der Waals surface area contributed by atoms with Crippen LogP contribution < -0.4 is 5.32 Å². The van der Waals surface area contributed by atoms with Gasteiger partial charge in [0.15, 0.2) is 6.29 Å². The van der Waals surface area contributed by atoms with Gasteiger partial charge in [-0.1, -0.05) is 0 Å². The summed E-state index contributed by atoms with van der Waals surface area (Å²) in [4.78, 5) is 0. The highest BCUT2D eigenvalue weighted by atomic mass is 16.7. The van der Waals surface area contributed by atoms with Gasteiger partial charge in [-0.15, -0.1) is 0 Å². The standard InChI is InChI=1S/C9H15NO3/c1-10-8(9(11-2)12-3)7-4-5-13-6-7/h4-6,8-10H,1-3H3. The molecule has 0 spiro atoms. The van der Waals surface area contributed by atoms with Crippen molar-refractivity contribution in [1.29, 1.82) is 0 Å². The fourth-order valence-electron chi connectivity index (χ4n) is 1.28. The number of nitrogens with one attached hydrogen (secondary N) is 1. The van der Waals surface area contributed by atoms with Crippen LogP contribution in [0.5, 0.6) is 0 Å². The minimum Gasteiger partial charge on any atom is -0.472 e. The molecule has 1 rings (SSSR count). The molecule has 0 saturated heterocycles. The topological polar surface area (TPSA) is 43.6 Å². The molecule has 1 atom stereocenters. The fraction of sp³-hybridized carbons (Fsp3) is 0.556. The Morgan fingerprint density at radius 1 is 1.38 bits per heavy atom. The zero-order chi connectivity index (χ0) is 9.68. The predicted octanol–water partition coefficient (Wildman–Crippen LogP) is 1.16. The van der Waals surface area contributed by atoms with Gasteiger partial charge in [0.1, 0.15) is 0 Å². The first-order chi connectivity index (χ1) is 6.33. The van der Waals surface area contributed by atoms with E-state index in [2.05, 4.69) is 5.32 Å². The van der Waals surface area contributed by atoms with E-state index in [-0.39, 0.29) is 12.3 Å². The summed E-state index contributed by atoms with van der Waals surface area (Å²) in [6, 6.07) is 1.88. The van der Waals surface area contributed by atoms with Crippen LogP contribution in [-0.4, -0.2) is 27.6 Å². The van der Waals surface area contributed by atoms with E-state index < -0.39 is 0 Å². The Morgan fingerprint density at radius 3 is 2.46 bits per heavy atom. The van der Waals surface area contributed by atoms with Crippen LogP contribution >= 0.6 is 0 Å². The Balaban J connectivity index is 2.72. The quantitative estimate of drug-likeness (QED) is 0.699. The number of likely N-dealkylation sites (N-methyl/N-ethyl adjacent to an activating group) is 1. The smallest absolute Gasteiger partial charge is 0.176 e. The highest BCUT2D eigenvalue weighted by Crippen LogP contribution is 2.19. The average molecular weight is 185 g/mol. The molecule has 4 nitrogen and oxygen atoms in total. The molecule has 0 saturated carbocycles. The van der Waals surface area contributed by atoms with E-state index in [4.69, 9.17) is 13.9 Å². The van der Waals surface area contributed by atoms with E-state index >= 15 is 0 Å². The Labute approximate surface area is 77.8 Å². The van der Waals surface area contributed by atoms with Crippen LogP contribution in [0.3, 0.4) is 0 Å². The van der Waals surface area contributed by atoms with E-state index in [1.54, 1.807) is 26.7 Å². The zero-order valence-electron chi connectivity index (χ0n) is 8.11. The number of hydrogen-bond donors (Lipinski definition) is 1. The molecular formula is C9H15NO3. The molecule has 74 valence electrons. The third-order valence-corrected chi connectivity index (χ3v) is 1.95. The first kappa shape index (κ1) is 10.2. The average Bonchev–Trinajstić information content (AvgIpc) is 2.66. The highest BCUT2D eigenvalue weighted by molar-refractivity contribution is 5.12. The molecule has 1 heterocycles. The van der Waals surface area contributed by atoms with Gasteiger partial charge in [-0.2, -0.15) is 0 Å². The summed E-state index contributed by atoms with van der Waals surface area (Å²) in [5, 5.41) is 3.10. The van der Waals surface area contributed by atoms with Crippen LogP contribution in [0.2, 0.25) is 0 Å². The van der Waals surface area contributed by atoms with Crippen LogP contribution in [0, 0.1) is 0 Å². The van der Waals surface area contributed by atoms with Gasteiger partial charge in [0, 0.05) is 19.8 Å². The number of furan rings is 1. The van der Waals surface area contributed by atoms with Crippen LogP contribution in [0.1, 0.15) is 11.6 Å². The molecule has 0 radical (unpaired) electrons. The van der Waals surface area contributed by atoms with Crippen molar-refractivity contribution in [3.8, 4) is 0 Å². The van der Waals surface area contributed by atoms with Crippen LogP contribution in [-0.2, 0) is 9.47 Å². The summed E-state index contributed by atoms with van der Waals surface area (Å²) in [7, 11) is 5.07. The summed E-state index contributed by atoms with van der Waals surface area (Å²) in [5.74, 6) is 0. The lowest BCUT2D eigenvalue weighted by Crippen LogP contribution is -2.31. The van der Waals surface area contributed by atoms with Crippen LogP contribution in [0.4, 0.5) is 0 Å². The molecule has 1 aromatic rings. The lowest BCUT2D eigenvalue weighted by Gasteiger charge is -2.22. The zero-order valence-corrected chi connectivity index (χ0v) is 8.11. The van der Waals surface area contributed by atoms with Gasteiger partial charge in [-0.05, 0) is 13.1 Å². The lowest BCUT2D eigenvalue weighted by atomic mass is 10.1. The number of hydrogen-bond acceptors (Lipinski definition) is 4. The number of rotatable bonds is 5. The molecule has 1 unspecified atom stereocenters. The molecule has 0 fully saturated rings. The van der Waals surface area contributed by atoms with Crippen molar-refractivity contribution in [2.45, 2.75) is 12.3 Å². The fourth-order valence-corrected chi connectivity index (χ4v) is 1.28. The summed E-state index contributed by atoms with van der Waals surface area (Å²) >= 11 is 0. The number of ether oxygens (including phenoxy) is 2. The van der Waals surface area contributed by atoms with Gasteiger partial charge >= 0.3 is 0 Å². The van der Waals surface area contributed by atoms with Crippen LogP contribution in [0.15, 0.2) is 23.0 Å².